The van der Waals surface area contributed by atoms with E-state index in [0.29, 0.717) is 0 Å². The van der Waals surface area contributed by atoms with E-state index in [1.165, 1.54) is 10.4 Å². The smallest absolute Gasteiger partial charge is 0.132 e. The Morgan fingerprint density at radius 2 is 2.06 bits per heavy atom. The standard InChI is InChI=1S/C13H18N4S/c1-4-10-5-6-18-11(10)8-15-13-7-12(14-3)16-9(2)17-13/h5-7H,4,8H2,1-3H3,(H2,14,15,16,17). The van der Waals surface area contributed by atoms with E-state index < -0.39 is 0 Å². The maximum Gasteiger partial charge on any atom is 0.132 e. The molecule has 0 aliphatic rings. The van der Waals surface area contributed by atoms with E-state index in [0.717, 1.165) is 30.4 Å². The molecule has 0 aromatic carbocycles. The number of hydrogen-bond donors (Lipinski definition) is 2. The largest absolute Gasteiger partial charge is 0.373 e. The lowest BCUT2D eigenvalue weighted by molar-refractivity contribution is 1.02. The summed E-state index contributed by atoms with van der Waals surface area (Å²) in [6.45, 7) is 4.90. The monoisotopic (exact) mass is 262 g/mol. The van der Waals surface area contributed by atoms with E-state index in [4.69, 9.17) is 0 Å². The molecule has 2 N–H and O–H groups in total. The van der Waals surface area contributed by atoms with Gasteiger partial charge in [0.25, 0.3) is 0 Å². The van der Waals surface area contributed by atoms with Crippen molar-refractivity contribution in [2.45, 2.75) is 26.8 Å². The molecule has 0 bridgehead atoms. The molecule has 18 heavy (non-hydrogen) atoms. The van der Waals surface area contributed by atoms with Crippen LogP contribution in [0.5, 0.6) is 0 Å². The van der Waals surface area contributed by atoms with Crippen molar-refractivity contribution < 1.29 is 0 Å². The number of hydrogen-bond acceptors (Lipinski definition) is 5. The van der Waals surface area contributed by atoms with Gasteiger partial charge in [0.15, 0.2) is 0 Å². The summed E-state index contributed by atoms with van der Waals surface area (Å²) in [5, 5.41) is 8.53. The van der Waals surface area contributed by atoms with Crippen molar-refractivity contribution in [3.05, 3.63) is 33.8 Å². The van der Waals surface area contributed by atoms with Gasteiger partial charge in [0, 0.05) is 18.0 Å². The van der Waals surface area contributed by atoms with Gasteiger partial charge in [0.1, 0.15) is 17.5 Å². The molecule has 0 saturated heterocycles. The van der Waals surface area contributed by atoms with Crippen molar-refractivity contribution in [2.75, 3.05) is 17.7 Å². The zero-order valence-electron chi connectivity index (χ0n) is 10.9. The molecule has 4 nitrogen and oxygen atoms in total. The topological polar surface area (TPSA) is 49.8 Å². The van der Waals surface area contributed by atoms with Crippen LogP contribution in [0.25, 0.3) is 0 Å². The van der Waals surface area contributed by atoms with E-state index >= 15 is 0 Å². The minimum Gasteiger partial charge on any atom is -0.373 e. The highest BCUT2D eigenvalue weighted by Crippen LogP contribution is 2.19. The first-order chi connectivity index (χ1) is 8.72. The number of thiophene rings is 1. The van der Waals surface area contributed by atoms with Crippen LogP contribution in [0.15, 0.2) is 17.5 Å². The predicted molar refractivity (Wildman–Crippen MR) is 77.3 cm³/mol. The molecule has 0 atom stereocenters. The van der Waals surface area contributed by atoms with Crippen LogP contribution in [0.4, 0.5) is 11.6 Å². The fraction of sp³-hybridized carbons (Fsp3) is 0.385. The Kier molecular flexibility index (Phi) is 4.15. The van der Waals surface area contributed by atoms with Crippen molar-refractivity contribution in [3.63, 3.8) is 0 Å². The van der Waals surface area contributed by atoms with E-state index in [1.54, 1.807) is 11.3 Å². The zero-order chi connectivity index (χ0) is 13.0. The van der Waals surface area contributed by atoms with Gasteiger partial charge in [-0.05, 0) is 30.4 Å². The summed E-state index contributed by atoms with van der Waals surface area (Å²) >= 11 is 1.79. The summed E-state index contributed by atoms with van der Waals surface area (Å²) in [6, 6.07) is 4.11. The van der Waals surface area contributed by atoms with Crippen LogP contribution in [-0.2, 0) is 13.0 Å². The van der Waals surface area contributed by atoms with Gasteiger partial charge >= 0.3 is 0 Å². The Balaban J connectivity index is 2.08. The summed E-state index contributed by atoms with van der Waals surface area (Å²) < 4.78 is 0. The van der Waals surface area contributed by atoms with Gasteiger partial charge in [0.05, 0.1) is 6.54 Å². The quantitative estimate of drug-likeness (QED) is 0.869. The van der Waals surface area contributed by atoms with Gasteiger partial charge in [-0.15, -0.1) is 11.3 Å². The van der Waals surface area contributed by atoms with Crippen molar-refractivity contribution in [2.24, 2.45) is 0 Å². The second kappa shape index (κ2) is 5.82. The molecule has 2 rings (SSSR count). The average molecular weight is 262 g/mol. The summed E-state index contributed by atoms with van der Waals surface area (Å²) in [6.07, 6.45) is 1.07. The van der Waals surface area contributed by atoms with Gasteiger partial charge in [-0.2, -0.15) is 0 Å². The molecular formula is C13H18N4S. The lowest BCUT2D eigenvalue weighted by Crippen LogP contribution is -2.05. The maximum atomic E-state index is 4.38. The highest BCUT2D eigenvalue weighted by Gasteiger charge is 2.04. The fourth-order valence-corrected chi connectivity index (χ4v) is 2.71. The first-order valence-electron chi connectivity index (χ1n) is 6.05. The Hall–Kier alpha value is -1.62. The Labute approximate surface area is 111 Å². The first-order valence-corrected chi connectivity index (χ1v) is 6.93. The van der Waals surface area contributed by atoms with E-state index in [1.807, 2.05) is 20.0 Å². The van der Waals surface area contributed by atoms with Crippen molar-refractivity contribution >= 4 is 23.0 Å². The molecule has 2 aromatic rings. The average Bonchev–Trinajstić information content (AvgIpc) is 2.83. The van der Waals surface area contributed by atoms with Crippen molar-refractivity contribution in [1.82, 2.24) is 9.97 Å². The number of anilines is 2. The maximum absolute atomic E-state index is 4.38. The molecule has 5 heteroatoms. The van der Waals surface area contributed by atoms with E-state index in [-0.39, 0.29) is 0 Å². The third-order valence-electron chi connectivity index (χ3n) is 2.74. The molecule has 0 aliphatic heterocycles. The number of aromatic nitrogens is 2. The molecule has 0 unspecified atom stereocenters. The Morgan fingerprint density at radius 3 is 2.78 bits per heavy atom. The van der Waals surface area contributed by atoms with Crippen LogP contribution in [0, 0.1) is 6.92 Å². The first kappa shape index (κ1) is 12.8. The van der Waals surface area contributed by atoms with E-state index in [9.17, 15) is 0 Å². The molecule has 2 heterocycles. The second-order valence-corrected chi connectivity index (χ2v) is 5.01. The van der Waals surface area contributed by atoms with Gasteiger partial charge in [0.2, 0.25) is 0 Å². The lowest BCUT2D eigenvalue weighted by Gasteiger charge is -2.08. The molecule has 0 fully saturated rings. The highest BCUT2D eigenvalue weighted by atomic mass is 32.1. The Morgan fingerprint density at radius 1 is 1.28 bits per heavy atom. The normalized spacial score (nSPS) is 10.4. The number of aryl methyl sites for hydroxylation is 2. The van der Waals surface area contributed by atoms with Crippen LogP contribution in [-0.4, -0.2) is 17.0 Å². The third kappa shape index (κ3) is 2.98. The number of nitrogens with zero attached hydrogens (tertiary/aromatic N) is 2. The molecule has 0 saturated carbocycles. The lowest BCUT2D eigenvalue weighted by atomic mass is 10.2. The molecule has 96 valence electrons. The van der Waals surface area contributed by atoms with Crippen molar-refractivity contribution in [1.29, 1.82) is 0 Å². The summed E-state index contributed by atoms with van der Waals surface area (Å²) in [4.78, 5) is 10.0. The van der Waals surface area contributed by atoms with Crippen LogP contribution >= 0.6 is 11.3 Å². The fourth-order valence-electron chi connectivity index (χ4n) is 1.79. The molecule has 0 amide bonds. The minimum atomic E-state index is 0.770. The van der Waals surface area contributed by atoms with E-state index in [2.05, 4.69) is 39.0 Å². The predicted octanol–water partition coefficient (Wildman–Crippen LogP) is 3.06. The number of rotatable bonds is 5. The van der Waals surface area contributed by atoms with Gasteiger partial charge in [-0.1, -0.05) is 6.92 Å². The summed E-state index contributed by atoms with van der Waals surface area (Å²) in [7, 11) is 1.86. The van der Waals surface area contributed by atoms with Crippen LogP contribution in [0.3, 0.4) is 0 Å². The van der Waals surface area contributed by atoms with Gasteiger partial charge in [-0.25, -0.2) is 9.97 Å². The van der Waals surface area contributed by atoms with Gasteiger partial charge < -0.3 is 10.6 Å². The Bertz CT molecular complexity index is 521. The molecule has 0 aliphatic carbocycles. The third-order valence-corrected chi connectivity index (χ3v) is 3.71. The van der Waals surface area contributed by atoms with Crippen molar-refractivity contribution in [3.8, 4) is 0 Å². The summed E-state index contributed by atoms with van der Waals surface area (Å²) in [5.41, 5.74) is 1.41. The minimum absolute atomic E-state index is 0.770. The second-order valence-electron chi connectivity index (χ2n) is 4.01. The van der Waals surface area contributed by atoms with Gasteiger partial charge in [-0.3, -0.25) is 0 Å². The molecule has 0 spiro atoms. The molecular weight excluding hydrogens is 244 g/mol. The van der Waals surface area contributed by atoms with Crippen LogP contribution < -0.4 is 10.6 Å². The van der Waals surface area contributed by atoms with Crippen LogP contribution in [0.1, 0.15) is 23.2 Å². The molecule has 0 radical (unpaired) electrons. The highest BCUT2D eigenvalue weighted by molar-refractivity contribution is 7.10. The zero-order valence-corrected chi connectivity index (χ0v) is 11.8. The number of nitrogens with one attached hydrogen (secondary N) is 2. The SMILES string of the molecule is CCc1ccsc1CNc1cc(NC)nc(C)n1. The van der Waals surface area contributed by atoms with Crippen LogP contribution in [0.2, 0.25) is 0 Å². The summed E-state index contributed by atoms with van der Waals surface area (Å²) in [5.74, 6) is 2.47. The molecule has 2 aromatic heterocycles.